The molecule has 1 aliphatic carbocycles. The van der Waals surface area contributed by atoms with Gasteiger partial charge in [-0.3, -0.25) is 4.90 Å². The van der Waals surface area contributed by atoms with Crippen LogP contribution in [-0.4, -0.2) is 36.1 Å². The molecule has 2 heteroatoms. The lowest BCUT2D eigenvalue weighted by molar-refractivity contribution is 0.143. The van der Waals surface area contributed by atoms with Crippen LogP contribution >= 0.6 is 0 Å². The summed E-state index contributed by atoms with van der Waals surface area (Å²) in [5.74, 6) is 0. The van der Waals surface area contributed by atoms with Gasteiger partial charge in [-0.2, -0.15) is 0 Å². The molecule has 2 fully saturated rings. The summed E-state index contributed by atoms with van der Waals surface area (Å²) < 4.78 is 0. The molecule has 0 aromatic carbocycles. The van der Waals surface area contributed by atoms with Crippen molar-refractivity contribution in [3.8, 4) is 0 Å². The van der Waals surface area contributed by atoms with Crippen LogP contribution in [0.5, 0.6) is 0 Å². The Morgan fingerprint density at radius 2 is 2.00 bits per heavy atom. The summed E-state index contributed by atoms with van der Waals surface area (Å²) in [5.41, 5.74) is 0.471. The molecule has 2 nitrogen and oxygen atoms in total. The smallest absolute Gasteiger partial charge is 0.0308 e. The van der Waals surface area contributed by atoms with E-state index in [1.165, 1.54) is 58.2 Å². The fourth-order valence-electron chi connectivity index (χ4n) is 3.32. The molecule has 1 unspecified atom stereocenters. The quantitative estimate of drug-likeness (QED) is 0.715. The molecule has 0 aromatic heterocycles. The Hall–Kier alpha value is -0.0800. The minimum atomic E-state index is 0.471. The SMILES string of the molecule is CCN1CC2(CCCCC2)NCCC1C. The standard InChI is InChI=1S/C13H26N2/c1-3-15-11-13(8-5-4-6-9-13)14-10-7-12(15)2/h12,14H,3-11H2,1-2H3. The van der Waals surface area contributed by atoms with Crippen LogP contribution in [0.15, 0.2) is 0 Å². The maximum Gasteiger partial charge on any atom is 0.0308 e. The molecule has 1 aliphatic heterocycles. The van der Waals surface area contributed by atoms with Crippen molar-refractivity contribution in [1.82, 2.24) is 10.2 Å². The molecule has 1 heterocycles. The number of likely N-dealkylation sites (N-methyl/N-ethyl adjacent to an activating group) is 1. The van der Waals surface area contributed by atoms with E-state index in [2.05, 4.69) is 24.1 Å². The molecular weight excluding hydrogens is 184 g/mol. The first-order valence-corrected chi connectivity index (χ1v) is 6.75. The topological polar surface area (TPSA) is 15.3 Å². The highest BCUT2D eigenvalue weighted by Gasteiger charge is 2.35. The van der Waals surface area contributed by atoms with Gasteiger partial charge in [0, 0.05) is 18.1 Å². The van der Waals surface area contributed by atoms with E-state index in [9.17, 15) is 0 Å². The van der Waals surface area contributed by atoms with Gasteiger partial charge in [-0.1, -0.05) is 26.2 Å². The zero-order valence-electron chi connectivity index (χ0n) is 10.4. The van der Waals surface area contributed by atoms with Crippen LogP contribution in [0.1, 0.15) is 52.4 Å². The number of hydrogen-bond acceptors (Lipinski definition) is 2. The minimum absolute atomic E-state index is 0.471. The summed E-state index contributed by atoms with van der Waals surface area (Å²) >= 11 is 0. The Kier molecular flexibility index (Phi) is 3.68. The van der Waals surface area contributed by atoms with Crippen LogP contribution < -0.4 is 5.32 Å². The molecule has 1 spiro atoms. The number of nitrogens with zero attached hydrogens (tertiary/aromatic N) is 1. The summed E-state index contributed by atoms with van der Waals surface area (Å²) in [5, 5.41) is 3.85. The molecule has 0 bridgehead atoms. The molecule has 88 valence electrons. The highest BCUT2D eigenvalue weighted by atomic mass is 15.2. The zero-order valence-corrected chi connectivity index (χ0v) is 10.4. The average Bonchev–Trinajstić information content (AvgIpc) is 2.40. The van der Waals surface area contributed by atoms with Crippen LogP contribution in [0.3, 0.4) is 0 Å². The van der Waals surface area contributed by atoms with Crippen LogP contribution in [0, 0.1) is 0 Å². The Morgan fingerprint density at radius 3 is 2.67 bits per heavy atom. The third-order valence-electron chi connectivity index (χ3n) is 4.41. The lowest BCUT2D eigenvalue weighted by Gasteiger charge is -2.40. The van der Waals surface area contributed by atoms with Gasteiger partial charge < -0.3 is 5.32 Å². The van der Waals surface area contributed by atoms with Crippen molar-refractivity contribution in [1.29, 1.82) is 0 Å². The van der Waals surface area contributed by atoms with Gasteiger partial charge in [0.05, 0.1) is 0 Å². The van der Waals surface area contributed by atoms with Crippen molar-refractivity contribution in [2.75, 3.05) is 19.6 Å². The molecule has 1 saturated heterocycles. The summed E-state index contributed by atoms with van der Waals surface area (Å²) in [4.78, 5) is 2.67. The number of nitrogens with one attached hydrogen (secondary N) is 1. The van der Waals surface area contributed by atoms with E-state index in [0.29, 0.717) is 5.54 Å². The fraction of sp³-hybridized carbons (Fsp3) is 1.00. The van der Waals surface area contributed by atoms with Crippen molar-refractivity contribution in [3.05, 3.63) is 0 Å². The monoisotopic (exact) mass is 210 g/mol. The van der Waals surface area contributed by atoms with Gasteiger partial charge in [-0.15, -0.1) is 0 Å². The normalized spacial score (nSPS) is 32.8. The van der Waals surface area contributed by atoms with E-state index in [4.69, 9.17) is 0 Å². The Balaban J connectivity index is 2.04. The van der Waals surface area contributed by atoms with E-state index in [1.807, 2.05) is 0 Å². The summed E-state index contributed by atoms with van der Waals surface area (Å²) in [6, 6.07) is 0.767. The van der Waals surface area contributed by atoms with Crippen LogP contribution in [-0.2, 0) is 0 Å². The molecular formula is C13H26N2. The number of hydrogen-bond donors (Lipinski definition) is 1. The second-order valence-corrected chi connectivity index (χ2v) is 5.47. The van der Waals surface area contributed by atoms with E-state index in [-0.39, 0.29) is 0 Å². The third kappa shape index (κ3) is 2.54. The second kappa shape index (κ2) is 4.84. The Morgan fingerprint density at radius 1 is 1.27 bits per heavy atom. The zero-order chi connectivity index (χ0) is 10.7. The molecule has 1 atom stereocenters. The molecule has 2 aliphatic rings. The Bertz CT molecular complexity index is 197. The van der Waals surface area contributed by atoms with Crippen LogP contribution in [0.2, 0.25) is 0 Å². The van der Waals surface area contributed by atoms with Gasteiger partial charge in [0.1, 0.15) is 0 Å². The van der Waals surface area contributed by atoms with Crippen molar-refractivity contribution >= 4 is 0 Å². The predicted octanol–water partition coefficient (Wildman–Crippen LogP) is 2.39. The van der Waals surface area contributed by atoms with Crippen molar-refractivity contribution in [3.63, 3.8) is 0 Å². The molecule has 15 heavy (non-hydrogen) atoms. The van der Waals surface area contributed by atoms with E-state index >= 15 is 0 Å². The summed E-state index contributed by atoms with van der Waals surface area (Å²) in [7, 11) is 0. The van der Waals surface area contributed by atoms with Gasteiger partial charge in [-0.25, -0.2) is 0 Å². The predicted molar refractivity (Wildman–Crippen MR) is 65.1 cm³/mol. The summed E-state index contributed by atoms with van der Waals surface area (Å²) in [6.07, 6.45) is 8.42. The maximum absolute atomic E-state index is 3.85. The van der Waals surface area contributed by atoms with Crippen LogP contribution in [0.25, 0.3) is 0 Å². The summed E-state index contributed by atoms with van der Waals surface area (Å²) in [6.45, 7) is 8.40. The fourth-order valence-corrected chi connectivity index (χ4v) is 3.32. The molecule has 1 saturated carbocycles. The van der Waals surface area contributed by atoms with Gasteiger partial charge >= 0.3 is 0 Å². The van der Waals surface area contributed by atoms with E-state index < -0.39 is 0 Å². The Labute approximate surface area is 94.4 Å². The van der Waals surface area contributed by atoms with E-state index in [1.54, 1.807) is 0 Å². The van der Waals surface area contributed by atoms with Gasteiger partial charge in [0.15, 0.2) is 0 Å². The molecule has 1 N–H and O–H groups in total. The van der Waals surface area contributed by atoms with Gasteiger partial charge in [0.25, 0.3) is 0 Å². The van der Waals surface area contributed by atoms with Crippen molar-refractivity contribution in [2.45, 2.75) is 64.0 Å². The highest BCUT2D eigenvalue weighted by molar-refractivity contribution is 4.96. The van der Waals surface area contributed by atoms with E-state index in [0.717, 1.165) is 6.04 Å². The van der Waals surface area contributed by atoms with Crippen LogP contribution in [0.4, 0.5) is 0 Å². The third-order valence-corrected chi connectivity index (χ3v) is 4.41. The molecule has 0 aromatic rings. The maximum atomic E-state index is 3.85. The number of rotatable bonds is 1. The van der Waals surface area contributed by atoms with Gasteiger partial charge in [-0.05, 0) is 39.3 Å². The minimum Gasteiger partial charge on any atom is -0.310 e. The first kappa shape index (κ1) is 11.4. The lowest BCUT2D eigenvalue weighted by atomic mass is 9.81. The highest BCUT2D eigenvalue weighted by Crippen LogP contribution is 2.31. The average molecular weight is 210 g/mol. The first-order chi connectivity index (χ1) is 7.26. The lowest BCUT2D eigenvalue weighted by Crippen LogP contribution is -2.53. The van der Waals surface area contributed by atoms with Crippen molar-refractivity contribution in [2.24, 2.45) is 0 Å². The largest absolute Gasteiger partial charge is 0.310 e. The second-order valence-electron chi connectivity index (χ2n) is 5.47. The first-order valence-electron chi connectivity index (χ1n) is 6.75. The molecule has 0 radical (unpaired) electrons. The van der Waals surface area contributed by atoms with Gasteiger partial charge in [0.2, 0.25) is 0 Å². The molecule has 2 rings (SSSR count). The molecule has 0 amide bonds. The van der Waals surface area contributed by atoms with Crippen molar-refractivity contribution < 1.29 is 0 Å².